The minimum Gasteiger partial charge on any atom is -0.299 e. The van der Waals surface area contributed by atoms with Crippen LogP contribution in [0.15, 0.2) is 34.8 Å². The number of hydrogen-bond donors (Lipinski definition) is 0. The van der Waals surface area contributed by atoms with Gasteiger partial charge in [0, 0.05) is 4.47 Å². The van der Waals surface area contributed by atoms with E-state index in [0.29, 0.717) is 0 Å². The Labute approximate surface area is 73.9 Å². The van der Waals surface area contributed by atoms with Gasteiger partial charge in [0.1, 0.15) is 6.29 Å². The molecule has 0 spiro atoms. The molecule has 0 N–H and O–H groups in total. The number of rotatable bonds is 2. The fourth-order valence-corrected chi connectivity index (χ4v) is 1.18. The van der Waals surface area contributed by atoms with Crippen molar-refractivity contribution in [1.29, 1.82) is 0 Å². The van der Waals surface area contributed by atoms with Crippen LogP contribution >= 0.6 is 15.9 Å². The molecule has 0 bridgehead atoms. The van der Waals surface area contributed by atoms with Gasteiger partial charge in [0.25, 0.3) is 0 Å². The summed E-state index contributed by atoms with van der Waals surface area (Å²) in [5.74, 6) is 0. The average Bonchev–Trinajstić information content (AvgIpc) is 2.01. The van der Waals surface area contributed by atoms with Crippen LogP contribution in [0.3, 0.4) is 0 Å². The first-order chi connectivity index (χ1) is 5.33. The van der Waals surface area contributed by atoms with Gasteiger partial charge in [0.05, 0.1) is 0 Å². The third-order valence-corrected chi connectivity index (χ3v) is 1.71. The van der Waals surface area contributed by atoms with Gasteiger partial charge in [-0.2, -0.15) is 0 Å². The van der Waals surface area contributed by atoms with Gasteiger partial charge in [-0.25, -0.2) is 0 Å². The Balaban J connectivity index is 2.87. The Hall–Kier alpha value is -0.890. The lowest BCUT2D eigenvalue weighted by atomic mass is 10.2. The molecule has 0 unspecified atom stereocenters. The summed E-state index contributed by atoms with van der Waals surface area (Å²) in [7, 11) is 0. The Morgan fingerprint density at radius 2 is 2.18 bits per heavy atom. The summed E-state index contributed by atoms with van der Waals surface area (Å²) in [5.41, 5.74) is 1.02. The summed E-state index contributed by atoms with van der Waals surface area (Å²) in [6.07, 6.45) is 4.00. The fraction of sp³-hybridized carbons (Fsp3) is 0. The van der Waals surface area contributed by atoms with Gasteiger partial charge >= 0.3 is 0 Å². The zero-order chi connectivity index (χ0) is 8.10. The maximum atomic E-state index is 9.96. The van der Waals surface area contributed by atoms with E-state index < -0.39 is 0 Å². The van der Waals surface area contributed by atoms with Crippen molar-refractivity contribution in [3.05, 3.63) is 40.4 Å². The number of hydrogen-bond acceptors (Lipinski definition) is 1. The van der Waals surface area contributed by atoms with Gasteiger partial charge in [-0.3, -0.25) is 4.79 Å². The molecule has 0 aromatic heterocycles. The standard InChI is InChI=1S/C9H7BrO/c10-9-5-1-3-8(7-9)4-2-6-11/h1-7H/b4-2-. The van der Waals surface area contributed by atoms with Crippen LogP contribution in [-0.2, 0) is 4.79 Å². The fourth-order valence-electron chi connectivity index (χ4n) is 0.761. The highest BCUT2D eigenvalue weighted by atomic mass is 79.9. The summed E-state index contributed by atoms with van der Waals surface area (Å²) in [6.45, 7) is 0. The van der Waals surface area contributed by atoms with E-state index >= 15 is 0 Å². The van der Waals surface area contributed by atoms with Crippen molar-refractivity contribution in [3.63, 3.8) is 0 Å². The van der Waals surface area contributed by atoms with E-state index in [1.807, 2.05) is 24.3 Å². The molecule has 0 atom stereocenters. The highest BCUT2D eigenvalue weighted by Crippen LogP contribution is 2.12. The predicted molar refractivity (Wildman–Crippen MR) is 49.2 cm³/mol. The summed E-state index contributed by atoms with van der Waals surface area (Å²) in [4.78, 5) is 9.96. The van der Waals surface area contributed by atoms with Crippen molar-refractivity contribution in [2.45, 2.75) is 0 Å². The second-order valence-corrected chi connectivity index (χ2v) is 2.97. The van der Waals surface area contributed by atoms with Crippen LogP contribution in [0.4, 0.5) is 0 Å². The van der Waals surface area contributed by atoms with Gasteiger partial charge in [-0.1, -0.05) is 34.1 Å². The third kappa shape index (κ3) is 2.68. The second kappa shape index (κ2) is 4.09. The molecule has 0 heterocycles. The van der Waals surface area contributed by atoms with Crippen molar-refractivity contribution in [3.8, 4) is 0 Å². The molecule has 1 aromatic carbocycles. The van der Waals surface area contributed by atoms with E-state index in [1.54, 1.807) is 6.08 Å². The molecule has 0 aliphatic rings. The molecule has 11 heavy (non-hydrogen) atoms. The Morgan fingerprint density at radius 1 is 1.36 bits per heavy atom. The van der Waals surface area contributed by atoms with Crippen molar-refractivity contribution in [1.82, 2.24) is 0 Å². The molecule has 56 valence electrons. The molecule has 2 heteroatoms. The van der Waals surface area contributed by atoms with Gasteiger partial charge in [-0.15, -0.1) is 0 Å². The van der Waals surface area contributed by atoms with Crippen LogP contribution in [0.25, 0.3) is 6.08 Å². The lowest BCUT2D eigenvalue weighted by Gasteiger charge is -1.91. The molecule has 0 fully saturated rings. The molecular formula is C9H7BrO. The lowest BCUT2D eigenvalue weighted by Crippen LogP contribution is -1.70. The van der Waals surface area contributed by atoms with Crippen molar-refractivity contribution in [2.75, 3.05) is 0 Å². The topological polar surface area (TPSA) is 17.1 Å². The van der Waals surface area contributed by atoms with Crippen molar-refractivity contribution in [2.24, 2.45) is 0 Å². The van der Waals surface area contributed by atoms with E-state index in [1.165, 1.54) is 6.08 Å². The first kappa shape index (κ1) is 8.21. The number of aldehydes is 1. The summed E-state index contributed by atoms with van der Waals surface area (Å²) < 4.78 is 1.02. The normalized spacial score (nSPS) is 10.3. The van der Waals surface area contributed by atoms with Crippen LogP contribution in [0, 0.1) is 0 Å². The maximum absolute atomic E-state index is 9.96. The average molecular weight is 211 g/mol. The minimum absolute atomic E-state index is 0.765. The summed E-state index contributed by atoms with van der Waals surface area (Å²) in [6, 6.07) is 7.75. The molecule has 1 nitrogen and oxygen atoms in total. The van der Waals surface area contributed by atoms with E-state index in [2.05, 4.69) is 15.9 Å². The number of halogens is 1. The van der Waals surface area contributed by atoms with Crippen LogP contribution in [-0.4, -0.2) is 6.29 Å². The lowest BCUT2D eigenvalue weighted by molar-refractivity contribution is -0.104. The molecular weight excluding hydrogens is 204 g/mol. The van der Waals surface area contributed by atoms with Gasteiger partial charge < -0.3 is 0 Å². The highest BCUT2D eigenvalue weighted by molar-refractivity contribution is 9.10. The first-order valence-corrected chi connectivity index (χ1v) is 3.99. The predicted octanol–water partition coefficient (Wildman–Crippen LogP) is 2.66. The van der Waals surface area contributed by atoms with Crippen LogP contribution in [0.2, 0.25) is 0 Å². The molecule has 1 rings (SSSR count). The zero-order valence-corrected chi connectivity index (χ0v) is 7.41. The molecule has 0 amide bonds. The first-order valence-electron chi connectivity index (χ1n) is 3.20. The SMILES string of the molecule is O=C/C=C\c1cccc(Br)c1. The van der Waals surface area contributed by atoms with E-state index in [9.17, 15) is 4.79 Å². The van der Waals surface area contributed by atoms with Crippen LogP contribution in [0.5, 0.6) is 0 Å². The molecule has 0 saturated heterocycles. The quantitative estimate of drug-likeness (QED) is 0.542. The van der Waals surface area contributed by atoms with E-state index in [-0.39, 0.29) is 0 Å². The van der Waals surface area contributed by atoms with Gasteiger partial charge in [0.2, 0.25) is 0 Å². The number of benzene rings is 1. The van der Waals surface area contributed by atoms with Gasteiger partial charge in [0.15, 0.2) is 0 Å². The van der Waals surface area contributed by atoms with E-state index in [4.69, 9.17) is 0 Å². The number of carbonyl (C=O) groups excluding carboxylic acids is 1. The van der Waals surface area contributed by atoms with Crippen LogP contribution in [0.1, 0.15) is 5.56 Å². The number of carbonyl (C=O) groups is 1. The van der Waals surface area contributed by atoms with Crippen LogP contribution < -0.4 is 0 Å². The maximum Gasteiger partial charge on any atom is 0.142 e. The second-order valence-electron chi connectivity index (χ2n) is 2.05. The molecule has 0 aliphatic carbocycles. The Morgan fingerprint density at radius 3 is 2.82 bits per heavy atom. The number of allylic oxidation sites excluding steroid dienone is 1. The molecule has 0 radical (unpaired) electrons. The minimum atomic E-state index is 0.765. The molecule has 0 saturated carbocycles. The monoisotopic (exact) mass is 210 g/mol. The van der Waals surface area contributed by atoms with Crippen molar-refractivity contribution < 1.29 is 4.79 Å². The van der Waals surface area contributed by atoms with E-state index in [0.717, 1.165) is 16.3 Å². The molecule has 1 aromatic rings. The Bertz CT molecular complexity index is 279. The zero-order valence-electron chi connectivity index (χ0n) is 5.83. The summed E-state index contributed by atoms with van der Waals surface area (Å²) in [5, 5.41) is 0. The largest absolute Gasteiger partial charge is 0.299 e. The molecule has 0 aliphatic heterocycles. The highest BCUT2D eigenvalue weighted by Gasteiger charge is 1.86. The smallest absolute Gasteiger partial charge is 0.142 e. The third-order valence-electron chi connectivity index (χ3n) is 1.22. The van der Waals surface area contributed by atoms with Gasteiger partial charge in [-0.05, 0) is 23.8 Å². The Kier molecular flexibility index (Phi) is 3.05. The summed E-state index contributed by atoms with van der Waals surface area (Å²) >= 11 is 3.33. The van der Waals surface area contributed by atoms with Crippen molar-refractivity contribution >= 4 is 28.3 Å².